The normalized spacial score (nSPS) is 36.7. The van der Waals surface area contributed by atoms with Gasteiger partial charge in [-0.15, -0.1) is 0 Å². The zero-order chi connectivity index (χ0) is 6.69. The molecular weight excluding hydrogens is 112 g/mol. The molecule has 2 atom stereocenters. The van der Waals surface area contributed by atoms with Gasteiger partial charge in [-0.25, -0.2) is 0 Å². The first-order valence-corrected chi connectivity index (χ1v) is 3.85. The lowest BCUT2D eigenvalue weighted by molar-refractivity contribution is 0.0542. The smallest absolute Gasteiger partial charge is 0.0573 e. The van der Waals surface area contributed by atoms with Gasteiger partial charge in [0.25, 0.3) is 0 Å². The minimum absolute atomic E-state index is 0.564. The van der Waals surface area contributed by atoms with E-state index in [1.807, 2.05) is 7.11 Å². The summed E-state index contributed by atoms with van der Waals surface area (Å²) in [7, 11) is 1.82. The molecule has 0 aromatic rings. The van der Waals surface area contributed by atoms with Crippen molar-refractivity contribution in [3.63, 3.8) is 0 Å². The van der Waals surface area contributed by atoms with Crippen molar-refractivity contribution in [2.75, 3.05) is 7.11 Å². The molecule has 0 bridgehead atoms. The second-order valence-electron chi connectivity index (χ2n) is 3.13. The second kappa shape index (κ2) is 3.21. The van der Waals surface area contributed by atoms with Crippen molar-refractivity contribution in [2.24, 2.45) is 5.92 Å². The van der Waals surface area contributed by atoms with Crippen molar-refractivity contribution in [3.8, 4) is 0 Å². The Hall–Kier alpha value is -0.0400. The quantitative estimate of drug-likeness (QED) is 0.526. The van der Waals surface area contributed by atoms with Crippen LogP contribution in [0.2, 0.25) is 0 Å². The summed E-state index contributed by atoms with van der Waals surface area (Å²) < 4.78 is 5.26. The summed E-state index contributed by atoms with van der Waals surface area (Å²) in [6.07, 6.45) is 5.88. The monoisotopic (exact) mass is 128 g/mol. The van der Waals surface area contributed by atoms with E-state index in [4.69, 9.17) is 4.74 Å². The highest BCUT2D eigenvalue weighted by atomic mass is 16.5. The fourth-order valence-corrected chi connectivity index (χ4v) is 1.59. The van der Waals surface area contributed by atoms with Crippen LogP contribution in [0.5, 0.6) is 0 Å². The molecule has 54 valence electrons. The first-order chi connectivity index (χ1) is 4.33. The average Bonchev–Trinajstić information content (AvgIpc) is 1.88. The molecule has 0 aromatic heterocycles. The molecule has 1 fully saturated rings. The number of hydrogen-bond acceptors (Lipinski definition) is 1. The van der Waals surface area contributed by atoms with Gasteiger partial charge < -0.3 is 4.74 Å². The molecular formula is C8H16O. The van der Waals surface area contributed by atoms with Crippen LogP contribution < -0.4 is 0 Å². The maximum atomic E-state index is 5.26. The summed E-state index contributed by atoms with van der Waals surface area (Å²) in [6.45, 7) is 2.31. The molecule has 0 saturated heterocycles. The van der Waals surface area contributed by atoms with Gasteiger partial charge in [0.15, 0.2) is 0 Å². The van der Waals surface area contributed by atoms with Crippen LogP contribution in [0.25, 0.3) is 0 Å². The van der Waals surface area contributed by atoms with Gasteiger partial charge in [-0.2, -0.15) is 0 Å². The van der Waals surface area contributed by atoms with E-state index in [9.17, 15) is 0 Å². The Kier molecular flexibility index (Phi) is 2.52. The molecule has 0 aliphatic heterocycles. The largest absolute Gasteiger partial charge is 0.381 e. The Morgan fingerprint density at radius 2 is 2.11 bits per heavy atom. The SMILES string of the molecule is CO[C@H]1CCCC(C)C1. The zero-order valence-corrected chi connectivity index (χ0v) is 6.39. The molecule has 1 aliphatic rings. The summed E-state index contributed by atoms with van der Waals surface area (Å²) >= 11 is 0. The first kappa shape index (κ1) is 7.07. The second-order valence-corrected chi connectivity index (χ2v) is 3.13. The van der Waals surface area contributed by atoms with Gasteiger partial charge in [0, 0.05) is 7.11 Å². The molecule has 1 rings (SSSR count). The predicted octanol–water partition coefficient (Wildman–Crippen LogP) is 2.21. The molecule has 0 spiro atoms. The van der Waals surface area contributed by atoms with Crippen molar-refractivity contribution < 1.29 is 4.74 Å². The van der Waals surface area contributed by atoms with E-state index >= 15 is 0 Å². The third-order valence-corrected chi connectivity index (χ3v) is 2.22. The van der Waals surface area contributed by atoms with Crippen LogP contribution in [0.15, 0.2) is 0 Å². The molecule has 0 amide bonds. The van der Waals surface area contributed by atoms with E-state index in [-0.39, 0.29) is 0 Å². The highest BCUT2D eigenvalue weighted by molar-refractivity contribution is 4.69. The van der Waals surface area contributed by atoms with Gasteiger partial charge in [-0.05, 0) is 18.8 Å². The Balaban J connectivity index is 2.23. The van der Waals surface area contributed by atoms with E-state index in [1.165, 1.54) is 25.7 Å². The van der Waals surface area contributed by atoms with Crippen molar-refractivity contribution in [2.45, 2.75) is 38.7 Å². The Bertz CT molecular complexity index is 80.6. The molecule has 0 heterocycles. The number of methoxy groups -OCH3 is 1. The standard InChI is InChI=1S/C8H16O/c1-7-4-3-5-8(6-7)9-2/h7-8H,3-6H2,1-2H3/t7?,8-/m0/s1. The van der Waals surface area contributed by atoms with Gasteiger partial charge in [0.1, 0.15) is 0 Å². The first-order valence-electron chi connectivity index (χ1n) is 3.85. The van der Waals surface area contributed by atoms with Crippen molar-refractivity contribution in [1.82, 2.24) is 0 Å². The van der Waals surface area contributed by atoms with Gasteiger partial charge >= 0.3 is 0 Å². The lowest BCUT2D eigenvalue weighted by Crippen LogP contribution is -2.19. The highest BCUT2D eigenvalue weighted by Crippen LogP contribution is 2.24. The molecule has 1 heteroatoms. The summed E-state index contributed by atoms with van der Waals surface area (Å²) in [5.41, 5.74) is 0. The van der Waals surface area contributed by atoms with Gasteiger partial charge in [-0.3, -0.25) is 0 Å². The Morgan fingerprint density at radius 3 is 2.56 bits per heavy atom. The summed E-state index contributed by atoms with van der Waals surface area (Å²) in [5, 5.41) is 0. The minimum Gasteiger partial charge on any atom is -0.381 e. The maximum Gasteiger partial charge on any atom is 0.0573 e. The summed E-state index contributed by atoms with van der Waals surface area (Å²) in [5.74, 6) is 0.892. The molecule has 1 saturated carbocycles. The molecule has 9 heavy (non-hydrogen) atoms. The molecule has 1 nitrogen and oxygen atoms in total. The van der Waals surface area contributed by atoms with E-state index in [2.05, 4.69) is 6.92 Å². The van der Waals surface area contributed by atoms with Crippen LogP contribution in [0.1, 0.15) is 32.6 Å². The molecule has 0 N–H and O–H groups in total. The lowest BCUT2D eigenvalue weighted by Gasteiger charge is -2.25. The molecule has 0 aromatic carbocycles. The van der Waals surface area contributed by atoms with Crippen LogP contribution in [0.3, 0.4) is 0 Å². The fraction of sp³-hybridized carbons (Fsp3) is 1.00. The van der Waals surface area contributed by atoms with Crippen LogP contribution in [0, 0.1) is 5.92 Å². The number of rotatable bonds is 1. The van der Waals surface area contributed by atoms with E-state index in [0.29, 0.717) is 6.10 Å². The Labute approximate surface area is 57.4 Å². The predicted molar refractivity (Wildman–Crippen MR) is 38.4 cm³/mol. The van der Waals surface area contributed by atoms with Crippen LogP contribution in [0.4, 0.5) is 0 Å². The van der Waals surface area contributed by atoms with E-state index in [1.54, 1.807) is 0 Å². The third kappa shape index (κ3) is 1.98. The van der Waals surface area contributed by atoms with Crippen molar-refractivity contribution in [3.05, 3.63) is 0 Å². The van der Waals surface area contributed by atoms with Crippen LogP contribution >= 0.6 is 0 Å². The summed E-state index contributed by atoms with van der Waals surface area (Å²) in [4.78, 5) is 0. The maximum absolute atomic E-state index is 5.26. The average molecular weight is 128 g/mol. The van der Waals surface area contributed by atoms with Crippen molar-refractivity contribution in [1.29, 1.82) is 0 Å². The highest BCUT2D eigenvalue weighted by Gasteiger charge is 2.17. The van der Waals surface area contributed by atoms with E-state index in [0.717, 1.165) is 5.92 Å². The molecule has 1 unspecified atom stereocenters. The summed E-state index contributed by atoms with van der Waals surface area (Å²) in [6, 6.07) is 0. The molecule has 0 radical (unpaired) electrons. The molecule has 1 aliphatic carbocycles. The zero-order valence-electron chi connectivity index (χ0n) is 6.39. The van der Waals surface area contributed by atoms with Crippen molar-refractivity contribution >= 4 is 0 Å². The topological polar surface area (TPSA) is 9.23 Å². The van der Waals surface area contributed by atoms with Crippen LogP contribution in [-0.4, -0.2) is 13.2 Å². The van der Waals surface area contributed by atoms with Crippen LogP contribution in [-0.2, 0) is 4.74 Å². The number of hydrogen-bond donors (Lipinski definition) is 0. The fourth-order valence-electron chi connectivity index (χ4n) is 1.59. The third-order valence-electron chi connectivity index (χ3n) is 2.22. The Morgan fingerprint density at radius 1 is 1.33 bits per heavy atom. The van der Waals surface area contributed by atoms with E-state index < -0.39 is 0 Å². The van der Waals surface area contributed by atoms with Gasteiger partial charge in [0.2, 0.25) is 0 Å². The number of ether oxygens (including phenoxy) is 1. The lowest BCUT2D eigenvalue weighted by atomic mass is 9.89. The van der Waals surface area contributed by atoms with Gasteiger partial charge in [0.05, 0.1) is 6.10 Å². The minimum atomic E-state index is 0.564. The van der Waals surface area contributed by atoms with Gasteiger partial charge in [-0.1, -0.05) is 19.8 Å².